The Kier molecular flexibility index (Phi) is 4.88. The first-order valence-corrected chi connectivity index (χ1v) is 6.82. The number of carboxylic acid groups (broad SMARTS) is 1. The summed E-state index contributed by atoms with van der Waals surface area (Å²) in [5.41, 5.74) is 0.935. The number of carbonyl (C=O) groups is 2. The van der Waals surface area contributed by atoms with Gasteiger partial charge in [0, 0.05) is 12.1 Å². The summed E-state index contributed by atoms with van der Waals surface area (Å²) in [5, 5.41) is 9.21. The van der Waals surface area contributed by atoms with Crippen molar-refractivity contribution in [2.75, 3.05) is 0 Å². The van der Waals surface area contributed by atoms with Gasteiger partial charge in [-0.3, -0.25) is 4.79 Å². The van der Waals surface area contributed by atoms with Gasteiger partial charge in [-0.15, -0.1) is 0 Å². The van der Waals surface area contributed by atoms with Crippen LogP contribution in [-0.4, -0.2) is 27.9 Å². The van der Waals surface area contributed by atoms with E-state index < -0.39 is 23.7 Å². The fourth-order valence-electron chi connectivity index (χ4n) is 2.09. The molecule has 0 aliphatic heterocycles. The van der Waals surface area contributed by atoms with Crippen LogP contribution in [-0.2, 0) is 11.3 Å². The zero-order chi connectivity index (χ0) is 16.1. The number of benzene rings is 2. The summed E-state index contributed by atoms with van der Waals surface area (Å²) in [7, 11) is 0. The molecule has 1 amide bonds. The van der Waals surface area contributed by atoms with E-state index in [1.54, 1.807) is 12.1 Å². The highest BCUT2D eigenvalue weighted by atomic mass is 19.1. The summed E-state index contributed by atoms with van der Waals surface area (Å²) >= 11 is 0. The zero-order valence-corrected chi connectivity index (χ0v) is 12.1. The summed E-state index contributed by atoms with van der Waals surface area (Å²) in [4.78, 5) is 25.0. The second-order valence-electron chi connectivity index (χ2n) is 4.94. The lowest BCUT2D eigenvalue weighted by Crippen LogP contribution is -2.42. The lowest BCUT2D eigenvalue weighted by atomic mass is 10.1. The van der Waals surface area contributed by atoms with E-state index in [1.807, 2.05) is 18.2 Å². The van der Waals surface area contributed by atoms with E-state index in [2.05, 4.69) is 0 Å². The zero-order valence-electron chi connectivity index (χ0n) is 12.1. The minimum atomic E-state index is -1.11. The van der Waals surface area contributed by atoms with Crippen molar-refractivity contribution in [3.05, 3.63) is 71.5 Å². The largest absolute Gasteiger partial charge is 0.480 e. The molecule has 1 N–H and O–H groups in total. The Hall–Kier alpha value is -2.69. The van der Waals surface area contributed by atoms with Crippen molar-refractivity contribution >= 4 is 11.9 Å². The van der Waals surface area contributed by atoms with E-state index in [-0.39, 0.29) is 12.1 Å². The highest BCUT2D eigenvalue weighted by Gasteiger charge is 2.26. The molecule has 0 aliphatic rings. The Balaban J connectivity index is 2.31. The number of amides is 1. The maximum atomic E-state index is 13.3. The van der Waals surface area contributed by atoms with Crippen LogP contribution in [0.25, 0.3) is 0 Å². The molecule has 0 radical (unpaired) electrons. The Morgan fingerprint density at radius 3 is 2.41 bits per heavy atom. The average Bonchev–Trinajstić information content (AvgIpc) is 2.52. The predicted octanol–water partition coefficient (Wildman–Crippen LogP) is 2.94. The number of carboxylic acids is 1. The highest BCUT2D eigenvalue weighted by Crippen LogP contribution is 2.14. The molecule has 22 heavy (non-hydrogen) atoms. The van der Waals surface area contributed by atoms with Gasteiger partial charge in [0.25, 0.3) is 5.91 Å². The van der Waals surface area contributed by atoms with E-state index >= 15 is 0 Å². The normalized spacial score (nSPS) is 11.7. The Morgan fingerprint density at radius 1 is 1.14 bits per heavy atom. The van der Waals surface area contributed by atoms with Crippen molar-refractivity contribution in [3.63, 3.8) is 0 Å². The second kappa shape index (κ2) is 6.85. The third-order valence-corrected chi connectivity index (χ3v) is 3.35. The van der Waals surface area contributed by atoms with Gasteiger partial charge in [0.1, 0.15) is 11.9 Å². The molecule has 0 aliphatic carbocycles. The summed E-state index contributed by atoms with van der Waals surface area (Å²) in [6, 6.07) is 13.3. The lowest BCUT2D eigenvalue weighted by molar-refractivity contribution is -0.141. The molecule has 0 saturated heterocycles. The predicted molar refractivity (Wildman–Crippen MR) is 79.8 cm³/mol. The van der Waals surface area contributed by atoms with Crippen molar-refractivity contribution in [1.29, 1.82) is 0 Å². The summed E-state index contributed by atoms with van der Waals surface area (Å²) in [6.45, 7) is 1.58. The van der Waals surface area contributed by atoms with Crippen LogP contribution in [0.4, 0.5) is 4.39 Å². The Bertz CT molecular complexity index is 673. The number of hydrogen-bond donors (Lipinski definition) is 1. The van der Waals surface area contributed by atoms with Crippen LogP contribution in [0.1, 0.15) is 22.8 Å². The maximum absolute atomic E-state index is 13.3. The molecule has 0 saturated carbocycles. The fourth-order valence-corrected chi connectivity index (χ4v) is 2.09. The Labute approximate surface area is 127 Å². The molecule has 114 valence electrons. The van der Waals surface area contributed by atoms with E-state index in [0.717, 1.165) is 11.6 Å². The summed E-state index contributed by atoms with van der Waals surface area (Å²) in [6.07, 6.45) is 0. The quantitative estimate of drug-likeness (QED) is 0.923. The van der Waals surface area contributed by atoms with Gasteiger partial charge in [0.15, 0.2) is 0 Å². The second-order valence-corrected chi connectivity index (χ2v) is 4.94. The number of hydrogen-bond acceptors (Lipinski definition) is 2. The molecule has 5 heteroatoms. The molecule has 0 heterocycles. The number of carbonyl (C=O) groups excluding carboxylic acids is 1. The van der Waals surface area contributed by atoms with E-state index in [9.17, 15) is 19.1 Å². The molecule has 2 aromatic rings. The summed E-state index contributed by atoms with van der Waals surface area (Å²) in [5.74, 6) is -2.16. The molecule has 2 rings (SSSR count). The molecular weight excluding hydrogens is 285 g/mol. The molecule has 1 unspecified atom stereocenters. The number of rotatable bonds is 5. The van der Waals surface area contributed by atoms with Crippen LogP contribution < -0.4 is 0 Å². The van der Waals surface area contributed by atoms with Gasteiger partial charge in [0.05, 0.1) is 0 Å². The molecule has 2 aromatic carbocycles. The monoisotopic (exact) mass is 301 g/mol. The SMILES string of the molecule is CC(C(=O)O)N(Cc1ccccc1)C(=O)c1cccc(F)c1. The Morgan fingerprint density at radius 2 is 1.82 bits per heavy atom. The van der Waals surface area contributed by atoms with Gasteiger partial charge in [0.2, 0.25) is 0 Å². The first-order valence-electron chi connectivity index (χ1n) is 6.82. The van der Waals surface area contributed by atoms with E-state index in [4.69, 9.17) is 0 Å². The maximum Gasteiger partial charge on any atom is 0.326 e. The van der Waals surface area contributed by atoms with E-state index in [0.29, 0.717) is 0 Å². The molecule has 0 bridgehead atoms. The van der Waals surface area contributed by atoms with Crippen molar-refractivity contribution in [3.8, 4) is 0 Å². The molecule has 0 aromatic heterocycles. The molecular formula is C17H16FNO3. The van der Waals surface area contributed by atoms with Crippen molar-refractivity contribution in [2.24, 2.45) is 0 Å². The van der Waals surface area contributed by atoms with Crippen LogP contribution in [0.5, 0.6) is 0 Å². The number of nitrogens with zero attached hydrogens (tertiary/aromatic N) is 1. The van der Waals surface area contributed by atoms with Gasteiger partial charge in [-0.25, -0.2) is 9.18 Å². The van der Waals surface area contributed by atoms with Gasteiger partial charge in [-0.1, -0.05) is 36.4 Å². The van der Waals surface area contributed by atoms with E-state index in [1.165, 1.54) is 30.0 Å². The molecule has 4 nitrogen and oxygen atoms in total. The smallest absolute Gasteiger partial charge is 0.326 e. The minimum absolute atomic E-state index is 0.129. The minimum Gasteiger partial charge on any atom is -0.480 e. The topological polar surface area (TPSA) is 57.6 Å². The van der Waals surface area contributed by atoms with Gasteiger partial charge < -0.3 is 10.0 Å². The van der Waals surface area contributed by atoms with Gasteiger partial charge >= 0.3 is 5.97 Å². The lowest BCUT2D eigenvalue weighted by Gasteiger charge is -2.26. The fraction of sp³-hybridized carbons (Fsp3) is 0.176. The van der Waals surface area contributed by atoms with Crippen LogP contribution in [0.3, 0.4) is 0 Å². The van der Waals surface area contributed by atoms with Crippen molar-refractivity contribution in [2.45, 2.75) is 19.5 Å². The van der Waals surface area contributed by atoms with Crippen molar-refractivity contribution < 1.29 is 19.1 Å². The van der Waals surface area contributed by atoms with Crippen LogP contribution in [0, 0.1) is 5.82 Å². The van der Waals surface area contributed by atoms with Crippen molar-refractivity contribution in [1.82, 2.24) is 4.90 Å². The van der Waals surface area contributed by atoms with Crippen LogP contribution in [0.2, 0.25) is 0 Å². The van der Waals surface area contributed by atoms with Gasteiger partial charge in [-0.05, 0) is 30.7 Å². The first kappa shape index (κ1) is 15.7. The third kappa shape index (κ3) is 3.69. The summed E-state index contributed by atoms with van der Waals surface area (Å²) < 4.78 is 13.3. The standard InChI is InChI=1S/C17H16FNO3/c1-12(17(21)22)19(11-13-6-3-2-4-7-13)16(20)14-8-5-9-15(18)10-14/h2-10,12H,11H2,1H3,(H,21,22). The molecule has 1 atom stereocenters. The van der Waals surface area contributed by atoms with Crippen LogP contribution in [0.15, 0.2) is 54.6 Å². The first-order chi connectivity index (χ1) is 10.5. The highest BCUT2D eigenvalue weighted by molar-refractivity contribution is 5.96. The number of halogens is 1. The average molecular weight is 301 g/mol. The number of aliphatic carboxylic acids is 1. The molecule has 0 spiro atoms. The van der Waals surface area contributed by atoms with Crippen LogP contribution >= 0.6 is 0 Å². The third-order valence-electron chi connectivity index (χ3n) is 3.35. The van der Waals surface area contributed by atoms with Gasteiger partial charge in [-0.2, -0.15) is 0 Å². The molecule has 0 fully saturated rings.